The van der Waals surface area contributed by atoms with Crippen molar-refractivity contribution in [2.24, 2.45) is 0 Å². The molecule has 0 unspecified atom stereocenters. The minimum absolute atomic E-state index is 0.0923. The molecule has 6 nitrogen and oxygen atoms in total. The van der Waals surface area contributed by atoms with Gasteiger partial charge in [-0.1, -0.05) is 18.2 Å². The Kier molecular flexibility index (Phi) is 5.29. The number of halogens is 2. The van der Waals surface area contributed by atoms with Crippen molar-refractivity contribution in [3.8, 4) is 17.2 Å². The van der Waals surface area contributed by atoms with E-state index in [1.54, 1.807) is 17.0 Å². The van der Waals surface area contributed by atoms with Crippen LogP contribution in [-0.4, -0.2) is 55.3 Å². The van der Waals surface area contributed by atoms with Crippen LogP contribution in [0.15, 0.2) is 42.5 Å². The Morgan fingerprint density at radius 2 is 1.79 bits per heavy atom. The van der Waals surface area contributed by atoms with Crippen LogP contribution in [0.4, 0.5) is 8.78 Å². The van der Waals surface area contributed by atoms with Crippen molar-refractivity contribution in [3.05, 3.63) is 53.6 Å². The first kappa shape index (κ1) is 18.5. The van der Waals surface area contributed by atoms with Crippen LogP contribution in [0, 0.1) is 0 Å². The van der Waals surface area contributed by atoms with Crippen LogP contribution in [0.3, 0.4) is 0 Å². The van der Waals surface area contributed by atoms with Gasteiger partial charge in [-0.2, -0.15) is 8.78 Å². The summed E-state index contributed by atoms with van der Waals surface area (Å²) in [5.74, 6) is 1.12. The molecule has 28 heavy (non-hydrogen) atoms. The van der Waals surface area contributed by atoms with E-state index in [1.165, 1.54) is 12.1 Å². The van der Waals surface area contributed by atoms with E-state index in [4.69, 9.17) is 9.47 Å². The maximum Gasteiger partial charge on any atom is 0.387 e. The predicted octanol–water partition coefficient (Wildman–Crippen LogP) is 2.97. The number of carbonyl (C=O) groups excluding carboxylic acids is 1. The van der Waals surface area contributed by atoms with Gasteiger partial charge < -0.3 is 19.1 Å². The quantitative estimate of drug-likeness (QED) is 0.786. The number of carbonyl (C=O) groups is 1. The van der Waals surface area contributed by atoms with Gasteiger partial charge in [-0.15, -0.1) is 0 Å². The zero-order chi connectivity index (χ0) is 19.5. The summed E-state index contributed by atoms with van der Waals surface area (Å²) in [6.07, 6.45) is 0. The highest BCUT2D eigenvalue weighted by molar-refractivity contribution is 5.97. The van der Waals surface area contributed by atoms with Crippen LogP contribution >= 0.6 is 0 Å². The molecular formula is C20H20F2N2O4. The molecule has 0 aromatic heterocycles. The molecule has 0 atom stereocenters. The van der Waals surface area contributed by atoms with Gasteiger partial charge in [0.05, 0.1) is 5.56 Å². The maximum absolute atomic E-state index is 12.7. The Hall–Kier alpha value is -2.87. The maximum atomic E-state index is 12.7. The van der Waals surface area contributed by atoms with E-state index < -0.39 is 6.61 Å². The summed E-state index contributed by atoms with van der Waals surface area (Å²) >= 11 is 0. The molecule has 2 aliphatic heterocycles. The fraction of sp³-hybridized carbons (Fsp3) is 0.350. The molecule has 148 valence electrons. The molecule has 0 spiro atoms. The number of benzene rings is 2. The molecule has 1 fully saturated rings. The number of fused-ring (bicyclic) bond motifs is 1. The first-order valence-electron chi connectivity index (χ1n) is 9.04. The van der Waals surface area contributed by atoms with Gasteiger partial charge in [-0.25, -0.2) is 0 Å². The molecule has 0 aliphatic carbocycles. The van der Waals surface area contributed by atoms with Gasteiger partial charge in [0.15, 0.2) is 11.5 Å². The minimum atomic E-state index is -2.97. The molecule has 2 aromatic rings. The van der Waals surface area contributed by atoms with E-state index in [0.717, 1.165) is 23.6 Å². The summed E-state index contributed by atoms with van der Waals surface area (Å²) in [5.41, 5.74) is 1.27. The molecule has 4 rings (SSSR count). The number of ether oxygens (including phenoxy) is 3. The van der Waals surface area contributed by atoms with E-state index in [2.05, 4.69) is 9.64 Å². The standard InChI is InChI=1S/C20H20F2N2O4/c21-20(22)28-16-4-2-1-3-15(16)19(25)24-9-7-23(8-10-24)12-14-5-6-17-18(11-14)27-13-26-17/h1-6,11,20H,7-10,12-13H2. The predicted molar refractivity (Wildman–Crippen MR) is 96.8 cm³/mol. The van der Waals surface area contributed by atoms with Crippen LogP contribution in [0.1, 0.15) is 15.9 Å². The molecule has 0 N–H and O–H groups in total. The number of para-hydroxylation sites is 1. The van der Waals surface area contributed by atoms with Gasteiger partial charge in [0.25, 0.3) is 5.91 Å². The second-order valence-electron chi connectivity index (χ2n) is 6.63. The lowest BCUT2D eigenvalue weighted by molar-refractivity contribution is -0.0503. The Labute approximate surface area is 161 Å². The molecular weight excluding hydrogens is 370 g/mol. The van der Waals surface area contributed by atoms with Crippen LogP contribution in [-0.2, 0) is 6.54 Å². The van der Waals surface area contributed by atoms with Gasteiger partial charge in [-0.3, -0.25) is 9.69 Å². The van der Waals surface area contributed by atoms with Gasteiger partial charge in [-0.05, 0) is 29.8 Å². The molecule has 0 bridgehead atoms. The fourth-order valence-electron chi connectivity index (χ4n) is 3.42. The van der Waals surface area contributed by atoms with Crippen LogP contribution in [0.2, 0.25) is 0 Å². The molecule has 2 aromatic carbocycles. The largest absolute Gasteiger partial charge is 0.454 e. The third kappa shape index (κ3) is 4.01. The smallest absolute Gasteiger partial charge is 0.387 e. The minimum Gasteiger partial charge on any atom is -0.454 e. The van der Waals surface area contributed by atoms with Gasteiger partial charge in [0.1, 0.15) is 5.75 Å². The van der Waals surface area contributed by atoms with Crippen LogP contribution < -0.4 is 14.2 Å². The average molecular weight is 390 g/mol. The number of alkyl halides is 2. The highest BCUT2D eigenvalue weighted by Gasteiger charge is 2.25. The topological polar surface area (TPSA) is 51.2 Å². The van der Waals surface area contributed by atoms with Crippen molar-refractivity contribution >= 4 is 5.91 Å². The van der Waals surface area contributed by atoms with Crippen molar-refractivity contribution in [1.29, 1.82) is 0 Å². The number of amides is 1. The summed E-state index contributed by atoms with van der Waals surface area (Å²) in [4.78, 5) is 16.7. The second-order valence-corrected chi connectivity index (χ2v) is 6.63. The number of hydrogen-bond acceptors (Lipinski definition) is 5. The summed E-state index contributed by atoms with van der Waals surface area (Å²) in [6.45, 7) is 0.446. The highest BCUT2D eigenvalue weighted by atomic mass is 19.3. The van der Waals surface area contributed by atoms with Crippen LogP contribution in [0.25, 0.3) is 0 Å². The van der Waals surface area contributed by atoms with Gasteiger partial charge in [0, 0.05) is 32.7 Å². The van der Waals surface area contributed by atoms with E-state index in [9.17, 15) is 13.6 Å². The number of nitrogens with zero attached hydrogens (tertiary/aromatic N) is 2. The highest BCUT2D eigenvalue weighted by Crippen LogP contribution is 2.33. The monoisotopic (exact) mass is 390 g/mol. The van der Waals surface area contributed by atoms with E-state index in [0.29, 0.717) is 26.2 Å². The Bertz CT molecular complexity index is 854. The van der Waals surface area contributed by atoms with Gasteiger partial charge in [0.2, 0.25) is 6.79 Å². The molecule has 0 saturated carbocycles. The van der Waals surface area contributed by atoms with E-state index in [1.807, 2.05) is 18.2 Å². The number of piperazine rings is 1. The summed E-state index contributed by atoms with van der Waals surface area (Å²) in [6, 6.07) is 12.0. The summed E-state index contributed by atoms with van der Waals surface area (Å²) < 4.78 is 40.4. The molecule has 1 saturated heterocycles. The number of hydrogen-bond donors (Lipinski definition) is 0. The lowest BCUT2D eigenvalue weighted by Gasteiger charge is -2.35. The fourth-order valence-corrected chi connectivity index (χ4v) is 3.42. The normalized spacial score (nSPS) is 16.5. The van der Waals surface area contributed by atoms with Crippen molar-refractivity contribution in [3.63, 3.8) is 0 Å². The third-order valence-corrected chi connectivity index (χ3v) is 4.84. The lowest BCUT2D eigenvalue weighted by atomic mass is 10.1. The van der Waals surface area contributed by atoms with Crippen molar-refractivity contribution in [2.45, 2.75) is 13.2 Å². The zero-order valence-electron chi connectivity index (χ0n) is 15.1. The second kappa shape index (κ2) is 8.02. The molecule has 2 aliphatic rings. The van der Waals surface area contributed by atoms with Crippen molar-refractivity contribution < 1.29 is 27.8 Å². The van der Waals surface area contributed by atoms with Gasteiger partial charge >= 0.3 is 6.61 Å². The summed E-state index contributed by atoms with van der Waals surface area (Å²) in [7, 11) is 0. The van der Waals surface area contributed by atoms with Crippen LogP contribution in [0.5, 0.6) is 17.2 Å². The summed E-state index contributed by atoms with van der Waals surface area (Å²) in [5, 5.41) is 0. The van der Waals surface area contributed by atoms with Crippen molar-refractivity contribution in [2.75, 3.05) is 33.0 Å². The molecule has 1 amide bonds. The Morgan fingerprint density at radius 1 is 1.04 bits per heavy atom. The Morgan fingerprint density at radius 3 is 2.57 bits per heavy atom. The molecule has 2 heterocycles. The average Bonchev–Trinajstić information content (AvgIpc) is 3.16. The first-order valence-corrected chi connectivity index (χ1v) is 9.04. The SMILES string of the molecule is O=C(c1ccccc1OC(F)F)N1CCN(Cc2ccc3c(c2)OCO3)CC1. The van der Waals surface area contributed by atoms with E-state index in [-0.39, 0.29) is 24.0 Å². The molecule has 8 heteroatoms. The lowest BCUT2D eigenvalue weighted by Crippen LogP contribution is -2.48. The Balaban J connectivity index is 1.36. The molecule has 0 radical (unpaired) electrons. The van der Waals surface area contributed by atoms with E-state index >= 15 is 0 Å². The first-order chi connectivity index (χ1) is 13.6. The zero-order valence-corrected chi connectivity index (χ0v) is 15.1. The number of rotatable bonds is 5. The van der Waals surface area contributed by atoms with Crippen molar-refractivity contribution in [1.82, 2.24) is 9.80 Å². The third-order valence-electron chi connectivity index (χ3n) is 4.84.